The SMILES string of the molecule is CC1(O)CN(c2cccc(N=C3NC(Cl)=NC=I3)n2)C1. The van der Waals surface area contributed by atoms with Crippen LogP contribution in [-0.2, 0) is 0 Å². The quantitative estimate of drug-likeness (QED) is 0.579. The summed E-state index contributed by atoms with van der Waals surface area (Å²) >= 11 is 5.42. The van der Waals surface area contributed by atoms with E-state index in [4.69, 9.17) is 11.6 Å². The second-order valence-electron chi connectivity index (χ2n) is 4.86. The van der Waals surface area contributed by atoms with Crippen molar-refractivity contribution >= 4 is 57.2 Å². The van der Waals surface area contributed by atoms with Crippen molar-refractivity contribution in [3.8, 4) is 0 Å². The van der Waals surface area contributed by atoms with Gasteiger partial charge in [0.25, 0.3) is 0 Å². The summed E-state index contributed by atoms with van der Waals surface area (Å²) in [6.07, 6.45) is 0. The molecule has 1 aromatic rings. The van der Waals surface area contributed by atoms with Gasteiger partial charge in [-0.05, 0) is 51.4 Å². The standard InChI is InChI=1S/C12H13ClIN5O/c1-12(20)5-19(6-12)9-4-2-3-8(16-9)17-11-14-7-15-10(13)18-11/h2-4,7,20H,5-6H2,1H3,(H,15,16,17,18). The topological polar surface area (TPSA) is 73.1 Å². The van der Waals surface area contributed by atoms with Crippen LogP contribution in [0.4, 0.5) is 11.6 Å². The first-order valence-corrected chi connectivity index (χ1v) is 8.71. The Balaban J connectivity index is 1.77. The predicted octanol–water partition coefficient (Wildman–Crippen LogP) is 1.57. The highest BCUT2D eigenvalue weighted by molar-refractivity contribution is 14.2. The third kappa shape index (κ3) is 3.15. The second-order valence-corrected chi connectivity index (χ2v) is 7.42. The van der Waals surface area contributed by atoms with E-state index in [1.165, 1.54) is 0 Å². The molecular weight excluding hydrogens is 393 g/mol. The molecule has 2 N–H and O–H groups in total. The molecule has 0 aromatic carbocycles. The molecule has 106 valence electrons. The van der Waals surface area contributed by atoms with E-state index in [1.807, 2.05) is 34.2 Å². The van der Waals surface area contributed by atoms with Crippen molar-refractivity contribution in [1.82, 2.24) is 10.3 Å². The third-order valence-corrected chi connectivity index (χ3v) is 4.69. The van der Waals surface area contributed by atoms with Gasteiger partial charge in [0.2, 0.25) is 5.29 Å². The zero-order chi connectivity index (χ0) is 14.2. The number of aromatic nitrogens is 1. The fraction of sp³-hybridized carbons (Fsp3) is 0.333. The molecule has 1 fully saturated rings. The van der Waals surface area contributed by atoms with Crippen molar-refractivity contribution in [2.75, 3.05) is 18.0 Å². The van der Waals surface area contributed by atoms with E-state index in [1.54, 1.807) is 0 Å². The molecule has 0 bridgehead atoms. The summed E-state index contributed by atoms with van der Waals surface area (Å²) < 4.78 is 2.64. The van der Waals surface area contributed by atoms with Crippen LogP contribution in [0.2, 0.25) is 0 Å². The molecule has 3 heterocycles. The Morgan fingerprint density at radius 3 is 3.00 bits per heavy atom. The number of aliphatic hydroxyl groups is 1. The van der Waals surface area contributed by atoms with Gasteiger partial charge in [0.15, 0.2) is 9.66 Å². The van der Waals surface area contributed by atoms with Gasteiger partial charge in [-0.25, -0.2) is 15.0 Å². The number of amidine groups is 2. The van der Waals surface area contributed by atoms with Gasteiger partial charge >= 0.3 is 0 Å². The van der Waals surface area contributed by atoms with E-state index in [2.05, 4.69) is 20.3 Å². The predicted molar refractivity (Wildman–Crippen MR) is 90.7 cm³/mol. The summed E-state index contributed by atoms with van der Waals surface area (Å²) in [5, 5.41) is 13.1. The van der Waals surface area contributed by atoms with Gasteiger partial charge in [-0.2, -0.15) is 0 Å². The number of halogens is 2. The van der Waals surface area contributed by atoms with Gasteiger partial charge in [0.05, 0.1) is 9.74 Å². The Bertz CT molecular complexity index is 620. The van der Waals surface area contributed by atoms with Gasteiger partial charge in [-0.15, -0.1) is 0 Å². The molecule has 1 saturated heterocycles. The number of hydrogen-bond donors (Lipinski definition) is 2. The number of nitrogens with zero attached hydrogens (tertiary/aromatic N) is 4. The molecule has 0 spiro atoms. The number of aliphatic imine (C=N–C) groups is 2. The lowest BCUT2D eigenvalue weighted by molar-refractivity contribution is 0.0305. The zero-order valence-corrected chi connectivity index (χ0v) is 13.6. The number of β-amino-alcohol motifs (C(OH)–C–C–N with tert-alkyl or cyclic N) is 1. The van der Waals surface area contributed by atoms with Crippen molar-refractivity contribution in [3.63, 3.8) is 0 Å². The van der Waals surface area contributed by atoms with Crippen LogP contribution < -0.4 is 10.2 Å². The molecule has 3 rings (SSSR count). The molecule has 0 radical (unpaired) electrons. The minimum absolute atomic E-state index is 0.338. The number of hydrogen-bond acceptors (Lipinski definition) is 5. The monoisotopic (exact) mass is 405 g/mol. The maximum atomic E-state index is 9.77. The Hall–Kier alpha value is -1.06. The summed E-state index contributed by atoms with van der Waals surface area (Å²) in [5.41, 5.74) is -0.612. The molecule has 0 unspecified atom stereocenters. The normalized spacial score (nSPS) is 22.6. The lowest BCUT2D eigenvalue weighted by Crippen LogP contribution is -2.60. The van der Waals surface area contributed by atoms with Gasteiger partial charge in [-0.1, -0.05) is 6.07 Å². The largest absolute Gasteiger partial charge is 0.386 e. The molecule has 0 aliphatic carbocycles. The highest BCUT2D eigenvalue weighted by Gasteiger charge is 2.37. The van der Waals surface area contributed by atoms with Crippen molar-refractivity contribution < 1.29 is 5.11 Å². The van der Waals surface area contributed by atoms with Crippen LogP contribution in [0.5, 0.6) is 0 Å². The Labute approximate surface area is 131 Å². The zero-order valence-electron chi connectivity index (χ0n) is 10.7. The van der Waals surface area contributed by atoms with Crippen molar-refractivity contribution in [3.05, 3.63) is 18.2 Å². The van der Waals surface area contributed by atoms with Gasteiger partial charge in [-0.3, -0.25) is 0 Å². The molecular formula is C12H13ClIN5O. The highest BCUT2D eigenvalue weighted by Crippen LogP contribution is 2.27. The van der Waals surface area contributed by atoms with Crippen LogP contribution in [0.1, 0.15) is 6.92 Å². The molecule has 0 saturated carbocycles. The summed E-state index contributed by atoms with van der Waals surface area (Å²) in [5.74, 6) is 1.46. The summed E-state index contributed by atoms with van der Waals surface area (Å²) in [6.45, 7) is 3.01. The molecule has 6 nitrogen and oxygen atoms in total. The second kappa shape index (κ2) is 5.38. The minimum atomic E-state index is -0.612. The first-order chi connectivity index (χ1) is 9.52. The van der Waals surface area contributed by atoms with Gasteiger partial charge in [0.1, 0.15) is 5.82 Å². The maximum Gasteiger partial charge on any atom is 0.202 e. The number of anilines is 1. The Morgan fingerprint density at radius 1 is 1.50 bits per heavy atom. The number of rotatable bonds is 2. The summed E-state index contributed by atoms with van der Waals surface area (Å²) in [6, 6.07) is 5.68. The molecule has 2 aliphatic rings. The van der Waals surface area contributed by atoms with Crippen molar-refractivity contribution in [2.45, 2.75) is 12.5 Å². The third-order valence-electron chi connectivity index (χ3n) is 2.84. The van der Waals surface area contributed by atoms with E-state index in [9.17, 15) is 5.11 Å². The average molecular weight is 406 g/mol. The fourth-order valence-electron chi connectivity index (χ4n) is 2.00. The highest BCUT2D eigenvalue weighted by atomic mass is 127. The van der Waals surface area contributed by atoms with E-state index in [0.29, 0.717) is 24.2 Å². The van der Waals surface area contributed by atoms with Crippen LogP contribution in [0.3, 0.4) is 0 Å². The first kappa shape index (κ1) is 13.9. The van der Waals surface area contributed by atoms with Gasteiger partial charge in [0, 0.05) is 13.1 Å². The van der Waals surface area contributed by atoms with Crippen LogP contribution >= 0.6 is 32.3 Å². The van der Waals surface area contributed by atoms with E-state index in [0.717, 1.165) is 9.66 Å². The van der Waals surface area contributed by atoms with Crippen LogP contribution in [0, 0.1) is 0 Å². The lowest BCUT2D eigenvalue weighted by atomic mass is 9.97. The van der Waals surface area contributed by atoms with Gasteiger partial charge < -0.3 is 15.3 Å². The average Bonchev–Trinajstić information content (AvgIpc) is 2.36. The summed E-state index contributed by atoms with van der Waals surface area (Å²) in [7, 11) is 0. The molecule has 0 amide bonds. The molecule has 0 atom stereocenters. The molecule has 8 heteroatoms. The van der Waals surface area contributed by atoms with Crippen LogP contribution in [-0.4, -0.2) is 42.1 Å². The van der Waals surface area contributed by atoms with Crippen molar-refractivity contribution in [1.29, 1.82) is 0 Å². The van der Waals surface area contributed by atoms with Crippen LogP contribution in [0.15, 0.2) is 28.2 Å². The Kier molecular flexibility index (Phi) is 3.74. The first-order valence-electron chi connectivity index (χ1n) is 6.00. The number of pyridine rings is 1. The smallest absolute Gasteiger partial charge is 0.202 e. The number of nitrogens with one attached hydrogen (secondary N) is 1. The molecule has 1 aromatic heterocycles. The minimum Gasteiger partial charge on any atom is -0.386 e. The van der Waals surface area contributed by atoms with E-state index >= 15 is 0 Å². The van der Waals surface area contributed by atoms with E-state index < -0.39 is 5.60 Å². The van der Waals surface area contributed by atoms with E-state index in [-0.39, 0.29) is 20.7 Å². The molecule has 2 aliphatic heterocycles. The summed E-state index contributed by atoms with van der Waals surface area (Å²) in [4.78, 5) is 14.9. The molecule has 20 heavy (non-hydrogen) atoms. The lowest BCUT2D eigenvalue weighted by Gasteiger charge is -2.44. The van der Waals surface area contributed by atoms with Crippen LogP contribution in [0.25, 0.3) is 0 Å². The Morgan fingerprint density at radius 2 is 2.30 bits per heavy atom. The maximum absolute atomic E-state index is 9.77. The van der Waals surface area contributed by atoms with Crippen molar-refractivity contribution in [2.24, 2.45) is 9.98 Å². The fourth-order valence-corrected chi connectivity index (χ4v) is 3.94.